The van der Waals surface area contributed by atoms with Gasteiger partial charge in [0, 0.05) is 11.6 Å². The van der Waals surface area contributed by atoms with Crippen molar-refractivity contribution in [2.75, 3.05) is 7.11 Å². The van der Waals surface area contributed by atoms with Crippen LogP contribution in [-0.2, 0) is 9.53 Å². The van der Waals surface area contributed by atoms with Crippen LogP contribution >= 0.6 is 0 Å². The van der Waals surface area contributed by atoms with Crippen LogP contribution in [0.15, 0.2) is 31.0 Å². The highest BCUT2D eigenvalue weighted by Gasteiger charge is 2.28. The van der Waals surface area contributed by atoms with Crippen LogP contribution in [0.2, 0.25) is 0 Å². The SMILES string of the molecule is C=Cc1ccc2cn([C@H]3CC[C@H](C(=O)OC)CC3)nc2c1. The van der Waals surface area contributed by atoms with Gasteiger partial charge in [0.15, 0.2) is 0 Å². The van der Waals surface area contributed by atoms with Crippen LogP contribution < -0.4 is 0 Å². The molecule has 1 aliphatic rings. The lowest BCUT2D eigenvalue weighted by Gasteiger charge is -2.26. The van der Waals surface area contributed by atoms with E-state index in [0.717, 1.165) is 42.1 Å². The summed E-state index contributed by atoms with van der Waals surface area (Å²) in [6.07, 6.45) is 7.65. The Morgan fingerprint density at radius 2 is 2.14 bits per heavy atom. The summed E-state index contributed by atoms with van der Waals surface area (Å²) >= 11 is 0. The molecule has 2 aromatic rings. The molecule has 0 amide bonds. The zero-order valence-electron chi connectivity index (χ0n) is 12.3. The lowest BCUT2D eigenvalue weighted by Crippen LogP contribution is -2.24. The molecule has 0 bridgehead atoms. The van der Waals surface area contributed by atoms with E-state index in [4.69, 9.17) is 4.74 Å². The average Bonchev–Trinajstić information content (AvgIpc) is 2.97. The number of aromatic nitrogens is 2. The average molecular weight is 284 g/mol. The summed E-state index contributed by atoms with van der Waals surface area (Å²) in [5.74, 6) is -0.0155. The minimum atomic E-state index is -0.0744. The summed E-state index contributed by atoms with van der Waals surface area (Å²) < 4.78 is 6.89. The molecular formula is C17H20N2O2. The highest BCUT2D eigenvalue weighted by molar-refractivity contribution is 5.80. The number of fused-ring (bicyclic) bond motifs is 1. The summed E-state index contributed by atoms with van der Waals surface area (Å²) in [6, 6.07) is 6.56. The molecule has 1 saturated carbocycles. The molecule has 1 heterocycles. The second-order valence-corrected chi connectivity index (χ2v) is 5.66. The zero-order valence-corrected chi connectivity index (χ0v) is 12.3. The number of hydrogen-bond acceptors (Lipinski definition) is 3. The van der Waals surface area contributed by atoms with Gasteiger partial charge in [-0.15, -0.1) is 0 Å². The molecule has 4 heteroatoms. The monoisotopic (exact) mass is 284 g/mol. The number of ether oxygens (including phenoxy) is 1. The third-order valence-electron chi connectivity index (χ3n) is 4.39. The number of benzene rings is 1. The molecule has 0 unspecified atom stereocenters. The van der Waals surface area contributed by atoms with E-state index in [1.54, 1.807) is 0 Å². The molecule has 0 radical (unpaired) electrons. The van der Waals surface area contributed by atoms with Crippen LogP contribution in [0, 0.1) is 5.92 Å². The molecule has 0 aliphatic heterocycles. The third-order valence-corrected chi connectivity index (χ3v) is 4.39. The quantitative estimate of drug-likeness (QED) is 0.809. The van der Waals surface area contributed by atoms with Gasteiger partial charge in [-0.1, -0.05) is 24.8 Å². The molecule has 3 rings (SSSR count). The van der Waals surface area contributed by atoms with Gasteiger partial charge in [-0.3, -0.25) is 9.48 Å². The van der Waals surface area contributed by atoms with Gasteiger partial charge >= 0.3 is 5.97 Å². The number of hydrogen-bond donors (Lipinski definition) is 0. The van der Waals surface area contributed by atoms with Gasteiger partial charge in [0.05, 0.1) is 24.6 Å². The van der Waals surface area contributed by atoms with Gasteiger partial charge in [0.1, 0.15) is 0 Å². The summed E-state index contributed by atoms with van der Waals surface area (Å²) in [5, 5.41) is 5.84. The van der Waals surface area contributed by atoms with Crippen molar-refractivity contribution in [1.82, 2.24) is 9.78 Å². The van der Waals surface area contributed by atoms with E-state index in [-0.39, 0.29) is 11.9 Å². The molecule has 0 atom stereocenters. The van der Waals surface area contributed by atoms with Crippen molar-refractivity contribution in [3.05, 3.63) is 36.5 Å². The number of rotatable bonds is 3. The first-order chi connectivity index (χ1) is 10.2. The van der Waals surface area contributed by atoms with Crippen LogP contribution in [0.4, 0.5) is 0 Å². The van der Waals surface area contributed by atoms with Crippen LogP contribution in [0.25, 0.3) is 17.0 Å². The highest BCUT2D eigenvalue weighted by Crippen LogP contribution is 2.33. The summed E-state index contributed by atoms with van der Waals surface area (Å²) in [4.78, 5) is 11.6. The van der Waals surface area contributed by atoms with Crippen molar-refractivity contribution in [2.24, 2.45) is 5.92 Å². The molecule has 0 spiro atoms. The molecule has 110 valence electrons. The minimum Gasteiger partial charge on any atom is -0.469 e. The Morgan fingerprint density at radius 3 is 2.81 bits per heavy atom. The van der Waals surface area contributed by atoms with Crippen LogP contribution in [0.1, 0.15) is 37.3 Å². The molecule has 4 nitrogen and oxygen atoms in total. The molecule has 1 aromatic heterocycles. The standard InChI is InChI=1S/C17H20N2O2/c1-3-12-4-5-14-11-19(18-16(14)10-12)15-8-6-13(7-9-15)17(20)21-2/h3-5,10-11,13,15H,1,6-9H2,2H3/t13-,15-. The first-order valence-electron chi connectivity index (χ1n) is 7.40. The van der Waals surface area contributed by atoms with E-state index in [1.165, 1.54) is 7.11 Å². The Kier molecular flexibility index (Phi) is 3.78. The van der Waals surface area contributed by atoms with E-state index < -0.39 is 0 Å². The first kappa shape index (κ1) is 13.9. The summed E-state index contributed by atoms with van der Waals surface area (Å²) in [5.41, 5.74) is 2.09. The number of esters is 1. The summed E-state index contributed by atoms with van der Waals surface area (Å²) in [6.45, 7) is 3.79. The molecule has 21 heavy (non-hydrogen) atoms. The van der Waals surface area contributed by atoms with Crippen molar-refractivity contribution < 1.29 is 9.53 Å². The molecular weight excluding hydrogens is 264 g/mol. The Hall–Kier alpha value is -2.10. The Bertz CT molecular complexity index is 666. The Morgan fingerprint density at radius 1 is 1.38 bits per heavy atom. The topological polar surface area (TPSA) is 44.1 Å². The number of nitrogens with zero attached hydrogens (tertiary/aromatic N) is 2. The second-order valence-electron chi connectivity index (χ2n) is 5.66. The van der Waals surface area contributed by atoms with Gasteiger partial charge in [-0.25, -0.2) is 0 Å². The Labute approximate surface area is 124 Å². The number of carbonyl (C=O) groups excluding carboxylic acids is 1. The molecule has 1 aromatic carbocycles. The van der Waals surface area contributed by atoms with Gasteiger partial charge in [0.2, 0.25) is 0 Å². The maximum atomic E-state index is 11.6. The maximum absolute atomic E-state index is 11.6. The second kappa shape index (κ2) is 5.72. The van der Waals surface area contributed by atoms with Crippen molar-refractivity contribution in [3.8, 4) is 0 Å². The van der Waals surface area contributed by atoms with E-state index >= 15 is 0 Å². The fourth-order valence-corrected chi connectivity index (χ4v) is 3.11. The predicted molar refractivity (Wildman–Crippen MR) is 82.8 cm³/mol. The van der Waals surface area contributed by atoms with E-state index in [9.17, 15) is 4.79 Å². The fourth-order valence-electron chi connectivity index (χ4n) is 3.11. The van der Waals surface area contributed by atoms with E-state index in [2.05, 4.69) is 40.8 Å². The normalized spacial score (nSPS) is 22.1. The fraction of sp³-hybridized carbons (Fsp3) is 0.412. The van der Waals surface area contributed by atoms with Crippen LogP contribution in [-0.4, -0.2) is 22.9 Å². The lowest BCUT2D eigenvalue weighted by atomic mass is 9.86. The van der Waals surface area contributed by atoms with Gasteiger partial charge in [0.25, 0.3) is 0 Å². The van der Waals surface area contributed by atoms with Crippen LogP contribution in [0.5, 0.6) is 0 Å². The van der Waals surface area contributed by atoms with Gasteiger partial charge in [-0.05, 0) is 37.3 Å². The van der Waals surface area contributed by atoms with E-state index in [0.29, 0.717) is 6.04 Å². The van der Waals surface area contributed by atoms with Gasteiger partial charge in [-0.2, -0.15) is 5.10 Å². The van der Waals surface area contributed by atoms with Crippen molar-refractivity contribution in [1.29, 1.82) is 0 Å². The van der Waals surface area contributed by atoms with Crippen molar-refractivity contribution >= 4 is 22.9 Å². The Balaban J connectivity index is 1.76. The first-order valence-corrected chi connectivity index (χ1v) is 7.40. The summed E-state index contributed by atoms with van der Waals surface area (Å²) in [7, 11) is 1.46. The molecule has 0 saturated heterocycles. The molecule has 1 aliphatic carbocycles. The third kappa shape index (κ3) is 2.71. The number of carbonyl (C=O) groups is 1. The van der Waals surface area contributed by atoms with Crippen LogP contribution in [0.3, 0.4) is 0 Å². The largest absolute Gasteiger partial charge is 0.469 e. The molecule has 1 fully saturated rings. The highest BCUT2D eigenvalue weighted by atomic mass is 16.5. The predicted octanol–water partition coefficient (Wildman–Crippen LogP) is 3.58. The minimum absolute atomic E-state index is 0.0589. The lowest BCUT2D eigenvalue weighted by molar-refractivity contribution is -0.146. The van der Waals surface area contributed by atoms with Gasteiger partial charge < -0.3 is 4.74 Å². The number of methoxy groups -OCH3 is 1. The smallest absolute Gasteiger partial charge is 0.308 e. The van der Waals surface area contributed by atoms with Crippen molar-refractivity contribution in [2.45, 2.75) is 31.7 Å². The zero-order chi connectivity index (χ0) is 14.8. The molecule has 0 N–H and O–H groups in total. The van der Waals surface area contributed by atoms with Crippen molar-refractivity contribution in [3.63, 3.8) is 0 Å². The maximum Gasteiger partial charge on any atom is 0.308 e. The van der Waals surface area contributed by atoms with E-state index in [1.807, 2.05) is 6.08 Å².